The standard InChI is InChI=1S/C14H17N5O2S/c1-10-15-14(22-16-10)19-8-6-18(7-9-19)13(21)11-4-3-5-12(20)17(11)2/h3-5H,6-9H2,1-2H3. The van der Waals surface area contributed by atoms with Crippen LogP contribution >= 0.6 is 11.5 Å². The second-order valence-electron chi connectivity index (χ2n) is 5.21. The first-order valence-corrected chi connectivity index (χ1v) is 7.84. The highest BCUT2D eigenvalue weighted by atomic mass is 32.1. The van der Waals surface area contributed by atoms with Gasteiger partial charge in [0.2, 0.25) is 5.13 Å². The van der Waals surface area contributed by atoms with Crippen LogP contribution in [-0.2, 0) is 7.05 Å². The largest absolute Gasteiger partial charge is 0.343 e. The van der Waals surface area contributed by atoms with Crippen LogP contribution in [0.25, 0.3) is 0 Å². The van der Waals surface area contributed by atoms with Crippen LogP contribution in [0.4, 0.5) is 5.13 Å². The average molecular weight is 319 g/mol. The van der Waals surface area contributed by atoms with Gasteiger partial charge in [-0.1, -0.05) is 6.07 Å². The molecule has 116 valence electrons. The van der Waals surface area contributed by atoms with Gasteiger partial charge in [0.25, 0.3) is 11.5 Å². The van der Waals surface area contributed by atoms with Crippen LogP contribution < -0.4 is 10.5 Å². The molecule has 0 N–H and O–H groups in total. The van der Waals surface area contributed by atoms with Crippen molar-refractivity contribution in [3.63, 3.8) is 0 Å². The predicted molar refractivity (Wildman–Crippen MR) is 84.4 cm³/mol. The fourth-order valence-corrected chi connectivity index (χ4v) is 3.18. The van der Waals surface area contributed by atoms with Gasteiger partial charge in [-0.2, -0.15) is 4.37 Å². The number of anilines is 1. The fourth-order valence-electron chi connectivity index (χ4n) is 2.46. The maximum atomic E-state index is 12.5. The van der Waals surface area contributed by atoms with Gasteiger partial charge < -0.3 is 14.4 Å². The number of carbonyl (C=O) groups is 1. The summed E-state index contributed by atoms with van der Waals surface area (Å²) in [4.78, 5) is 32.5. The Kier molecular flexibility index (Phi) is 3.93. The van der Waals surface area contributed by atoms with E-state index in [1.54, 1.807) is 24.1 Å². The molecule has 1 saturated heterocycles. The lowest BCUT2D eigenvalue weighted by Crippen LogP contribution is -2.49. The fraction of sp³-hybridized carbons (Fsp3) is 0.429. The van der Waals surface area contributed by atoms with Gasteiger partial charge in [-0.3, -0.25) is 9.59 Å². The molecule has 8 heteroatoms. The number of pyridine rings is 1. The first kappa shape index (κ1) is 14.7. The van der Waals surface area contributed by atoms with E-state index in [1.807, 2.05) is 6.92 Å². The lowest BCUT2D eigenvalue weighted by molar-refractivity contribution is 0.0735. The van der Waals surface area contributed by atoms with E-state index in [-0.39, 0.29) is 11.5 Å². The third kappa shape index (κ3) is 2.74. The molecule has 0 saturated carbocycles. The molecule has 1 fully saturated rings. The number of aryl methyl sites for hydroxylation is 1. The van der Waals surface area contributed by atoms with Crippen molar-refractivity contribution < 1.29 is 4.79 Å². The molecular weight excluding hydrogens is 302 g/mol. The summed E-state index contributed by atoms with van der Waals surface area (Å²) in [5.41, 5.74) is 0.251. The quantitative estimate of drug-likeness (QED) is 0.806. The number of rotatable bonds is 2. The summed E-state index contributed by atoms with van der Waals surface area (Å²) in [6, 6.07) is 4.76. The van der Waals surface area contributed by atoms with E-state index in [1.165, 1.54) is 22.2 Å². The third-order valence-corrected chi connectivity index (χ3v) is 4.63. The number of carbonyl (C=O) groups excluding carboxylic acids is 1. The normalized spacial score (nSPS) is 15.2. The Morgan fingerprint density at radius 2 is 1.95 bits per heavy atom. The Bertz CT molecular complexity index is 746. The van der Waals surface area contributed by atoms with Crippen LogP contribution in [0, 0.1) is 6.92 Å². The van der Waals surface area contributed by atoms with Crippen LogP contribution in [0.2, 0.25) is 0 Å². The minimum atomic E-state index is -0.172. The van der Waals surface area contributed by atoms with Crippen molar-refractivity contribution in [2.45, 2.75) is 6.92 Å². The summed E-state index contributed by atoms with van der Waals surface area (Å²) in [6.45, 7) is 4.54. The van der Waals surface area contributed by atoms with Crippen molar-refractivity contribution in [2.24, 2.45) is 7.05 Å². The smallest absolute Gasteiger partial charge is 0.270 e. The van der Waals surface area contributed by atoms with Crippen molar-refractivity contribution in [3.8, 4) is 0 Å². The van der Waals surface area contributed by atoms with Crippen molar-refractivity contribution in [2.75, 3.05) is 31.1 Å². The molecule has 3 rings (SSSR count). The van der Waals surface area contributed by atoms with Gasteiger partial charge in [-0.25, -0.2) is 4.98 Å². The Morgan fingerprint density at radius 1 is 1.23 bits per heavy atom. The molecule has 3 heterocycles. The van der Waals surface area contributed by atoms with Gasteiger partial charge >= 0.3 is 0 Å². The summed E-state index contributed by atoms with van der Waals surface area (Å²) in [5.74, 6) is 0.672. The lowest BCUT2D eigenvalue weighted by atomic mass is 10.2. The van der Waals surface area contributed by atoms with Crippen LogP contribution in [0.1, 0.15) is 16.3 Å². The van der Waals surface area contributed by atoms with Crippen LogP contribution in [0.3, 0.4) is 0 Å². The average Bonchev–Trinajstić information content (AvgIpc) is 2.96. The number of hydrogen-bond acceptors (Lipinski definition) is 6. The highest BCUT2D eigenvalue weighted by Gasteiger charge is 2.25. The van der Waals surface area contributed by atoms with Crippen LogP contribution in [-0.4, -0.2) is 50.9 Å². The molecule has 0 unspecified atom stereocenters. The van der Waals surface area contributed by atoms with Gasteiger partial charge in [0.05, 0.1) is 0 Å². The van der Waals surface area contributed by atoms with Gasteiger partial charge in [-0.05, 0) is 13.0 Å². The van der Waals surface area contributed by atoms with Crippen molar-refractivity contribution in [1.29, 1.82) is 0 Å². The third-order valence-electron chi connectivity index (χ3n) is 3.76. The molecule has 0 radical (unpaired) electrons. The number of aromatic nitrogens is 3. The van der Waals surface area contributed by atoms with Gasteiger partial charge in [0.15, 0.2) is 0 Å². The zero-order valence-electron chi connectivity index (χ0n) is 12.5. The molecule has 0 atom stereocenters. The van der Waals surface area contributed by atoms with E-state index in [2.05, 4.69) is 14.3 Å². The zero-order valence-corrected chi connectivity index (χ0v) is 13.3. The molecule has 0 spiro atoms. The first-order chi connectivity index (χ1) is 10.6. The monoisotopic (exact) mass is 319 g/mol. The molecule has 2 aromatic heterocycles. The molecule has 1 amide bonds. The number of amides is 1. The minimum absolute atomic E-state index is 0.103. The SMILES string of the molecule is Cc1nsc(N2CCN(C(=O)c3cccc(=O)n3C)CC2)n1. The summed E-state index contributed by atoms with van der Waals surface area (Å²) in [6.07, 6.45) is 0. The van der Waals surface area contributed by atoms with Crippen molar-refractivity contribution in [3.05, 3.63) is 40.1 Å². The molecule has 2 aromatic rings. The Morgan fingerprint density at radius 3 is 2.59 bits per heavy atom. The number of hydrogen-bond donors (Lipinski definition) is 0. The van der Waals surface area contributed by atoms with Crippen molar-refractivity contribution in [1.82, 2.24) is 18.8 Å². The molecule has 0 aromatic carbocycles. The Labute approximate surface area is 132 Å². The predicted octanol–water partition coefficient (Wildman–Crippen LogP) is 0.508. The number of piperazine rings is 1. The molecule has 1 aliphatic heterocycles. The maximum absolute atomic E-state index is 12.5. The van der Waals surface area contributed by atoms with E-state index in [0.29, 0.717) is 18.8 Å². The molecule has 0 aliphatic carbocycles. The highest BCUT2D eigenvalue weighted by Crippen LogP contribution is 2.19. The highest BCUT2D eigenvalue weighted by molar-refractivity contribution is 7.09. The second-order valence-corrected chi connectivity index (χ2v) is 5.94. The summed E-state index contributed by atoms with van der Waals surface area (Å²) in [5, 5.41) is 0.900. The van der Waals surface area contributed by atoms with Crippen molar-refractivity contribution >= 4 is 22.6 Å². The lowest BCUT2D eigenvalue weighted by Gasteiger charge is -2.34. The summed E-state index contributed by atoms with van der Waals surface area (Å²) < 4.78 is 5.58. The van der Waals surface area contributed by atoms with Crippen LogP contribution in [0.5, 0.6) is 0 Å². The van der Waals surface area contributed by atoms with E-state index >= 15 is 0 Å². The van der Waals surface area contributed by atoms with Gasteiger partial charge in [0, 0.05) is 50.8 Å². The first-order valence-electron chi connectivity index (χ1n) is 7.07. The van der Waals surface area contributed by atoms with E-state index < -0.39 is 0 Å². The summed E-state index contributed by atoms with van der Waals surface area (Å²) in [7, 11) is 1.62. The Hall–Kier alpha value is -2.22. The topological polar surface area (TPSA) is 71.3 Å². The van der Waals surface area contributed by atoms with Gasteiger partial charge in [0.1, 0.15) is 11.5 Å². The van der Waals surface area contributed by atoms with Gasteiger partial charge in [-0.15, -0.1) is 0 Å². The zero-order chi connectivity index (χ0) is 15.7. The molecular formula is C14H17N5O2S. The maximum Gasteiger partial charge on any atom is 0.270 e. The van der Waals surface area contributed by atoms with E-state index in [0.717, 1.165) is 24.0 Å². The molecule has 7 nitrogen and oxygen atoms in total. The van der Waals surface area contributed by atoms with E-state index in [4.69, 9.17) is 0 Å². The minimum Gasteiger partial charge on any atom is -0.343 e. The summed E-state index contributed by atoms with van der Waals surface area (Å²) >= 11 is 1.38. The number of nitrogens with zero attached hydrogens (tertiary/aromatic N) is 5. The molecule has 1 aliphatic rings. The Balaban J connectivity index is 1.69. The van der Waals surface area contributed by atoms with E-state index in [9.17, 15) is 9.59 Å². The molecule has 0 bridgehead atoms. The molecule has 22 heavy (non-hydrogen) atoms. The van der Waals surface area contributed by atoms with Crippen LogP contribution in [0.15, 0.2) is 23.0 Å². The second kappa shape index (κ2) is 5.88.